The van der Waals surface area contributed by atoms with Crippen molar-refractivity contribution in [2.45, 2.75) is 24.5 Å². The van der Waals surface area contributed by atoms with Crippen molar-refractivity contribution >= 4 is 6.02 Å². The van der Waals surface area contributed by atoms with E-state index in [1.165, 1.54) is 18.3 Å². The van der Waals surface area contributed by atoms with Crippen LogP contribution in [0.25, 0.3) is 11.1 Å². The van der Waals surface area contributed by atoms with Crippen molar-refractivity contribution in [1.82, 2.24) is 4.98 Å². The Balaban J connectivity index is 1.75. The number of halogens is 2. The fourth-order valence-corrected chi connectivity index (χ4v) is 4.56. The molecule has 8 heteroatoms. The number of rotatable bonds is 1. The van der Waals surface area contributed by atoms with E-state index in [0.29, 0.717) is 30.9 Å². The number of fused-ring (bicyclic) bond motifs is 4. The van der Waals surface area contributed by atoms with Gasteiger partial charge in [0.05, 0.1) is 19.1 Å². The topological polar surface area (TPSA) is 79.0 Å². The lowest BCUT2D eigenvalue weighted by Crippen LogP contribution is -2.59. The highest BCUT2D eigenvalue weighted by Crippen LogP contribution is 2.55. The Labute approximate surface area is 160 Å². The summed E-state index contributed by atoms with van der Waals surface area (Å²) in [4.78, 5) is 8.25. The lowest BCUT2D eigenvalue weighted by molar-refractivity contribution is -0.129. The van der Waals surface area contributed by atoms with Crippen LogP contribution in [0.2, 0.25) is 0 Å². The number of nitrogens with two attached hydrogens (primary N) is 1. The van der Waals surface area contributed by atoms with Crippen LogP contribution in [0, 0.1) is 17.7 Å². The predicted octanol–water partition coefficient (Wildman–Crippen LogP) is 2.75. The first-order valence-corrected chi connectivity index (χ1v) is 9.13. The monoisotopic (exact) mass is 387 g/mol. The third kappa shape index (κ3) is 2.33. The van der Waals surface area contributed by atoms with Gasteiger partial charge in [-0.2, -0.15) is 4.39 Å². The number of nitrogens with zero attached hydrogens (tertiary/aromatic N) is 2. The Morgan fingerprint density at radius 1 is 1.25 bits per heavy atom. The molecule has 0 bridgehead atoms. The molecule has 1 fully saturated rings. The SMILES string of the molecule is C[C@]12CCOC[C@@H]1[C@]1(COC(N)=N1)c1cc(-c3cccnc3F)c(F)cc1O2. The standard InChI is InChI=1S/C20H19F2N3O3/c1-19-4-6-26-9-16(19)20(10-27-18(23)25-20)13-7-12(14(21)8-15(13)28-19)11-3-2-5-24-17(11)22/h2-3,5,7-8,16H,4,6,9-10H2,1H3,(H2,23,25)/t16-,19-,20-/m0/s1. The maximum absolute atomic E-state index is 15.0. The lowest BCUT2D eigenvalue weighted by Gasteiger charge is -2.52. The molecule has 5 rings (SSSR count). The van der Waals surface area contributed by atoms with E-state index < -0.39 is 22.9 Å². The van der Waals surface area contributed by atoms with Gasteiger partial charge in [-0.3, -0.25) is 0 Å². The molecule has 1 saturated heterocycles. The van der Waals surface area contributed by atoms with Crippen molar-refractivity contribution < 1.29 is 23.0 Å². The van der Waals surface area contributed by atoms with Crippen LogP contribution in [-0.2, 0) is 15.0 Å². The van der Waals surface area contributed by atoms with E-state index in [9.17, 15) is 8.78 Å². The van der Waals surface area contributed by atoms with E-state index in [-0.39, 0.29) is 29.7 Å². The second-order valence-corrected chi connectivity index (χ2v) is 7.63. The van der Waals surface area contributed by atoms with E-state index in [4.69, 9.17) is 19.9 Å². The zero-order valence-corrected chi connectivity index (χ0v) is 15.2. The molecule has 1 spiro atoms. The molecule has 2 N–H and O–H groups in total. The number of hydrogen-bond acceptors (Lipinski definition) is 6. The summed E-state index contributed by atoms with van der Waals surface area (Å²) in [6, 6.07) is 5.98. The van der Waals surface area contributed by atoms with Gasteiger partial charge in [-0.25, -0.2) is 14.4 Å². The average Bonchev–Trinajstić information content (AvgIpc) is 3.04. The zero-order chi connectivity index (χ0) is 19.5. The predicted molar refractivity (Wildman–Crippen MR) is 96.8 cm³/mol. The van der Waals surface area contributed by atoms with Gasteiger partial charge in [-0.05, 0) is 25.1 Å². The number of hydrogen-bond donors (Lipinski definition) is 1. The highest BCUT2D eigenvalue weighted by atomic mass is 19.1. The second-order valence-electron chi connectivity index (χ2n) is 7.63. The number of ether oxygens (including phenoxy) is 3. The van der Waals surface area contributed by atoms with Crippen LogP contribution in [0.3, 0.4) is 0 Å². The van der Waals surface area contributed by atoms with E-state index in [1.807, 2.05) is 6.92 Å². The molecular weight excluding hydrogens is 368 g/mol. The zero-order valence-electron chi connectivity index (χ0n) is 15.2. The van der Waals surface area contributed by atoms with Crippen LogP contribution in [0.5, 0.6) is 5.75 Å². The molecule has 28 heavy (non-hydrogen) atoms. The smallest absolute Gasteiger partial charge is 0.283 e. The Bertz CT molecular complexity index is 999. The maximum atomic E-state index is 15.0. The van der Waals surface area contributed by atoms with Gasteiger partial charge in [-0.15, -0.1) is 0 Å². The van der Waals surface area contributed by atoms with Gasteiger partial charge in [0.15, 0.2) is 0 Å². The molecule has 3 aliphatic rings. The molecule has 0 saturated carbocycles. The summed E-state index contributed by atoms with van der Waals surface area (Å²) in [6.07, 6.45) is 1.95. The van der Waals surface area contributed by atoms with Crippen LogP contribution < -0.4 is 10.5 Å². The molecule has 4 heterocycles. The Kier molecular flexibility index (Phi) is 3.64. The molecule has 0 unspecified atom stereocenters. The molecule has 3 atom stereocenters. The van der Waals surface area contributed by atoms with Gasteiger partial charge in [0.25, 0.3) is 6.02 Å². The van der Waals surface area contributed by atoms with Gasteiger partial charge >= 0.3 is 0 Å². The molecule has 1 aromatic heterocycles. The number of aromatic nitrogens is 1. The summed E-state index contributed by atoms with van der Waals surface area (Å²) in [5, 5.41) is 0. The second kappa shape index (κ2) is 5.88. The highest BCUT2D eigenvalue weighted by Gasteiger charge is 2.60. The van der Waals surface area contributed by atoms with Gasteiger partial charge < -0.3 is 19.9 Å². The van der Waals surface area contributed by atoms with E-state index in [1.54, 1.807) is 12.1 Å². The largest absolute Gasteiger partial charge is 0.486 e. The first-order chi connectivity index (χ1) is 13.4. The third-order valence-electron chi connectivity index (χ3n) is 6.02. The van der Waals surface area contributed by atoms with Crippen LogP contribution in [0.1, 0.15) is 18.9 Å². The molecule has 146 valence electrons. The minimum atomic E-state index is -0.881. The van der Waals surface area contributed by atoms with Crippen LogP contribution in [0.4, 0.5) is 8.78 Å². The van der Waals surface area contributed by atoms with Gasteiger partial charge in [0, 0.05) is 35.4 Å². The van der Waals surface area contributed by atoms with Crippen molar-refractivity contribution in [2.24, 2.45) is 16.6 Å². The number of aliphatic imine (C=N–C) groups is 1. The van der Waals surface area contributed by atoms with Gasteiger partial charge in [0.1, 0.15) is 29.3 Å². The van der Waals surface area contributed by atoms with Crippen molar-refractivity contribution in [3.05, 3.63) is 47.8 Å². The first-order valence-electron chi connectivity index (χ1n) is 9.13. The summed E-state index contributed by atoms with van der Waals surface area (Å²) in [6.45, 7) is 3.12. The lowest BCUT2D eigenvalue weighted by atomic mass is 9.66. The van der Waals surface area contributed by atoms with Gasteiger partial charge in [-0.1, -0.05) is 0 Å². The fourth-order valence-electron chi connectivity index (χ4n) is 4.56. The van der Waals surface area contributed by atoms with Crippen LogP contribution in [0.15, 0.2) is 35.5 Å². The maximum Gasteiger partial charge on any atom is 0.283 e. The average molecular weight is 387 g/mol. The fraction of sp³-hybridized carbons (Fsp3) is 0.400. The van der Waals surface area contributed by atoms with E-state index >= 15 is 0 Å². The highest BCUT2D eigenvalue weighted by molar-refractivity contribution is 5.75. The van der Waals surface area contributed by atoms with Crippen LogP contribution in [-0.4, -0.2) is 36.4 Å². The summed E-state index contributed by atoms with van der Waals surface area (Å²) in [5.41, 5.74) is 5.16. The third-order valence-corrected chi connectivity index (χ3v) is 6.02. The Morgan fingerprint density at radius 2 is 2.11 bits per heavy atom. The van der Waals surface area contributed by atoms with Gasteiger partial charge in [0.2, 0.25) is 5.95 Å². The molecule has 2 aromatic rings. The number of pyridine rings is 1. The Morgan fingerprint density at radius 3 is 2.86 bits per heavy atom. The molecule has 6 nitrogen and oxygen atoms in total. The minimum absolute atomic E-state index is 0.0687. The van der Waals surface area contributed by atoms with Crippen molar-refractivity contribution in [1.29, 1.82) is 0 Å². The van der Waals surface area contributed by atoms with Crippen molar-refractivity contribution in [3.8, 4) is 16.9 Å². The molecule has 1 aromatic carbocycles. The molecule has 0 amide bonds. The summed E-state index contributed by atoms with van der Waals surface area (Å²) in [5.74, 6) is -1.15. The summed E-state index contributed by atoms with van der Waals surface area (Å²) >= 11 is 0. The summed E-state index contributed by atoms with van der Waals surface area (Å²) in [7, 11) is 0. The van der Waals surface area contributed by atoms with Crippen LogP contribution >= 0.6 is 0 Å². The van der Waals surface area contributed by atoms with E-state index in [2.05, 4.69) is 9.98 Å². The van der Waals surface area contributed by atoms with Crippen molar-refractivity contribution in [3.63, 3.8) is 0 Å². The molecular formula is C20H19F2N3O3. The molecule has 0 aliphatic carbocycles. The first kappa shape index (κ1) is 17.4. The number of benzene rings is 1. The van der Waals surface area contributed by atoms with Crippen molar-refractivity contribution in [2.75, 3.05) is 19.8 Å². The molecule has 3 aliphatic heterocycles. The quantitative estimate of drug-likeness (QED) is 0.762. The normalized spacial score (nSPS) is 30.8. The Hall–Kier alpha value is -2.74. The molecule has 0 radical (unpaired) electrons. The summed E-state index contributed by atoms with van der Waals surface area (Å²) < 4.78 is 46.7. The number of amidine groups is 1. The minimum Gasteiger partial charge on any atom is -0.486 e. The van der Waals surface area contributed by atoms with E-state index in [0.717, 1.165) is 0 Å².